The van der Waals surface area contributed by atoms with E-state index in [2.05, 4.69) is 66.4 Å². The Labute approximate surface area is 166 Å². The number of carbonyl (C=O) groups is 1. The highest BCUT2D eigenvalue weighted by Crippen LogP contribution is 2.29. The molecule has 1 fully saturated rings. The van der Waals surface area contributed by atoms with E-state index in [9.17, 15) is 4.79 Å². The first-order valence-electron chi connectivity index (χ1n) is 10.0. The number of benzene rings is 2. The smallest absolute Gasteiger partial charge is 0.369 e. The Kier molecular flexibility index (Phi) is 5.29. The Morgan fingerprint density at radius 3 is 2.36 bits per heavy atom. The molecule has 0 bridgehead atoms. The van der Waals surface area contributed by atoms with Crippen LogP contribution in [0, 0.1) is 0 Å². The van der Waals surface area contributed by atoms with E-state index in [1.54, 1.807) is 0 Å². The average Bonchev–Trinajstić information content (AvgIpc) is 3.09. The lowest BCUT2D eigenvalue weighted by Gasteiger charge is -2.31. The summed E-state index contributed by atoms with van der Waals surface area (Å²) in [5, 5.41) is 4.04. The van der Waals surface area contributed by atoms with Gasteiger partial charge in [-0.1, -0.05) is 73.6 Å². The number of nitrogens with zero attached hydrogens (tertiary/aromatic N) is 2. The molecule has 0 unspecified atom stereocenters. The summed E-state index contributed by atoms with van der Waals surface area (Å²) in [6.45, 7) is 6.18. The molecule has 0 aromatic heterocycles. The third-order valence-corrected chi connectivity index (χ3v) is 5.66. The summed E-state index contributed by atoms with van der Waals surface area (Å²) in [7, 11) is 0. The SMILES string of the molecule is CC(C)c1ccc(C2=NOC(=O)/C2=C\N2CCC(c3ccccc3)CC2)cc1. The van der Waals surface area contributed by atoms with Gasteiger partial charge in [0.15, 0.2) is 0 Å². The van der Waals surface area contributed by atoms with Gasteiger partial charge in [0, 0.05) is 24.9 Å². The van der Waals surface area contributed by atoms with E-state index in [0.717, 1.165) is 31.5 Å². The topological polar surface area (TPSA) is 41.9 Å². The van der Waals surface area contributed by atoms with Gasteiger partial charge >= 0.3 is 5.97 Å². The van der Waals surface area contributed by atoms with Gasteiger partial charge in [0.2, 0.25) is 0 Å². The summed E-state index contributed by atoms with van der Waals surface area (Å²) in [6.07, 6.45) is 4.10. The summed E-state index contributed by atoms with van der Waals surface area (Å²) >= 11 is 0. The van der Waals surface area contributed by atoms with E-state index < -0.39 is 0 Å². The lowest BCUT2D eigenvalue weighted by Crippen LogP contribution is -2.30. The zero-order chi connectivity index (χ0) is 19.5. The summed E-state index contributed by atoms with van der Waals surface area (Å²) in [6, 6.07) is 18.9. The minimum Gasteiger partial charge on any atom is -0.377 e. The lowest BCUT2D eigenvalue weighted by molar-refractivity contribution is -0.136. The van der Waals surface area contributed by atoms with E-state index in [-0.39, 0.29) is 5.97 Å². The predicted molar refractivity (Wildman–Crippen MR) is 111 cm³/mol. The van der Waals surface area contributed by atoms with Crippen LogP contribution in [0.2, 0.25) is 0 Å². The molecule has 2 heterocycles. The molecule has 2 aliphatic rings. The summed E-state index contributed by atoms with van der Waals surface area (Å²) in [4.78, 5) is 19.5. The Balaban J connectivity index is 1.47. The van der Waals surface area contributed by atoms with Crippen molar-refractivity contribution in [2.45, 2.75) is 38.5 Å². The lowest BCUT2D eigenvalue weighted by atomic mass is 9.89. The maximum absolute atomic E-state index is 12.3. The molecule has 144 valence electrons. The van der Waals surface area contributed by atoms with E-state index in [4.69, 9.17) is 4.84 Å². The number of rotatable bonds is 4. The molecule has 2 aromatic carbocycles. The zero-order valence-electron chi connectivity index (χ0n) is 16.5. The summed E-state index contributed by atoms with van der Waals surface area (Å²) < 4.78 is 0. The maximum Gasteiger partial charge on any atom is 0.369 e. The van der Waals surface area contributed by atoms with Crippen molar-refractivity contribution < 1.29 is 9.63 Å². The van der Waals surface area contributed by atoms with E-state index in [0.29, 0.717) is 23.1 Å². The third-order valence-electron chi connectivity index (χ3n) is 5.66. The van der Waals surface area contributed by atoms with Gasteiger partial charge in [-0.15, -0.1) is 0 Å². The highest BCUT2D eigenvalue weighted by Gasteiger charge is 2.29. The fourth-order valence-electron chi connectivity index (χ4n) is 3.90. The first-order valence-corrected chi connectivity index (χ1v) is 10.0. The second-order valence-corrected chi connectivity index (χ2v) is 7.86. The molecule has 0 amide bonds. The molecule has 1 saturated heterocycles. The number of oxime groups is 1. The van der Waals surface area contributed by atoms with Gasteiger partial charge < -0.3 is 9.74 Å². The molecule has 2 aliphatic heterocycles. The predicted octanol–water partition coefficient (Wildman–Crippen LogP) is 4.83. The van der Waals surface area contributed by atoms with Crippen LogP contribution in [-0.2, 0) is 9.63 Å². The van der Waals surface area contributed by atoms with Crippen LogP contribution >= 0.6 is 0 Å². The normalized spacial score (nSPS) is 19.2. The van der Waals surface area contributed by atoms with Gasteiger partial charge in [-0.25, -0.2) is 4.79 Å². The van der Waals surface area contributed by atoms with Gasteiger partial charge in [-0.3, -0.25) is 0 Å². The van der Waals surface area contributed by atoms with Crippen molar-refractivity contribution in [1.29, 1.82) is 0 Å². The minimum absolute atomic E-state index is 0.367. The standard InChI is InChI=1S/C24H26N2O2/c1-17(2)18-8-10-21(11-9-18)23-22(24(27)28-25-23)16-26-14-12-20(13-15-26)19-6-4-3-5-7-19/h3-11,16-17,20H,12-15H2,1-2H3/b22-16-. The monoisotopic (exact) mass is 374 g/mol. The van der Waals surface area contributed by atoms with Crippen molar-refractivity contribution in [2.24, 2.45) is 5.16 Å². The second-order valence-electron chi connectivity index (χ2n) is 7.86. The van der Waals surface area contributed by atoms with Crippen molar-refractivity contribution >= 4 is 11.7 Å². The molecule has 4 nitrogen and oxygen atoms in total. The second kappa shape index (κ2) is 8.01. The number of carbonyl (C=O) groups excluding carboxylic acids is 1. The van der Waals surface area contributed by atoms with Crippen LogP contribution in [0.15, 0.2) is 71.5 Å². The van der Waals surface area contributed by atoms with E-state index in [1.807, 2.05) is 18.3 Å². The van der Waals surface area contributed by atoms with Crippen LogP contribution in [0.5, 0.6) is 0 Å². The van der Waals surface area contributed by atoms with Crippen LogP contribution in [-0.4, -0.2) is 29.7 Å². The van der Waals surface area contributed by atoms with Crippen LogP contribution in [0.4, 0.5) is 0 Å². The van der Waals surface area contributed by atoms with Gasteiger partial charge in [-0.05, 0) is 35.8 Å². The molecule has 4 heteroatoms. The van der Waals surface area contributed by atoms with Crippen LogP contribution < -0.4 is 0 Å². The van der Waals surface area contributed by atoms with E-state index in [1.165, 1.54) is 11.1 Å². The largest absolute Gasteiger partial charge is 0.377 e. The van der Waals surface area contributed by atoms with Gasteiger partial charge in [0.25, 0.3) is 0 Å². The molecular weight excluding hydrogens is 348 g/mol. The quantitative estimate of drug-likeness (QED) is 0.568. The number of hydrogen-bond acceptors (Lipinski definition) is 4. The fourth-order valence-corrected chi connectivity index (χ4v) is 3.90. The van der Waals surface area contributed by atoms with Crippen molar-refractivity contribution in [2.75, 3.05) is 13.1 Å². The van der Waals surface area contributed by atoms with Crippen LogP contribution in [0.1, 0.15) is 55.2 Å². The van der Waals surface area contributed by atoms with Crippen molar-refractivity contribution in [3.05, 3.63) is 83.1 Å². The van der Waals surface area contributed by atoms with Crippen LogP contribution in [0.25, 0.3) is 0 Å². The molecule has 0 N–H and O–H groups in total. The minimum atomic E-state index is -0.367. The Bertz CT molecular complexity index is 890. The summed E-state index contributed by atoms with van der Waals surface area (Å²) in [5.41, 5.74) is 4.77. The Morgan fingerprint density at radius 2 is 1.71 bits per heavy atom. The third kappa shape index (κ3) is 3.86. The maximum atomic E-state index is 12.3. The van der Waals surface area contributed by atoms with Gasteiger partial charge in [0.05, 0.1) is 0 Å². The van der Waals surface area contributed by atoms with E-state index >= 15 is 0 Å². The summed E-state index contributed by atoms with van der Waals surface area (Å²) in [5.74, 6) is 0.689. The molecule has 2 aromatic rings. The zero-order valence-corrected chi connectivity index (χ0v) is 16.5. The molecular formula is C24H26N2O2. The number of piperidine rings is 1. The molecule has 0 radical (unpaired) electrons. The molecule has 4 rings (SSSR count). The number of likely N-dealkylation sites (tertiary alicyclic amines) is 1. The molecule has 0 atom stereocenters. The van der Waals surface area contributed by atoms with Gasteiger partial charge in [0.1, 0.15) is 11.3 Å². The highest BCUT2D eigenvalue weighted by molar-refractivity contribution is 6.28. The molecule has 0 aliphatic carbocycles. The van der Waals surface area contributed by atoms with Crippen molar-refractivity contribution in [1.82, 2.24) is 4.90 Å². The molecule has 28 heavy (non-hydrogen) atoms. The first kappa shape index (κ1) is 18.5. The Hall–Kier alpha value is -2.88. The van der Waals surface area contributed by atoms with Gasteiger partial charge in [-0.2, -0.15) is 0 Å². The van der Waals surface area contributed by atoms with Crippen LogP contribution in [0.3, 0.4) is 0 Å². The van der Waals surface area contributed by atoms with Crippen molar-refractivity contribution in [3.8, 4) is 0 Å². The van der Waals surface area contributed by atoms with Crippen molar-refractivity contribution in [3.63, 3.8) is 0 Å². The number of hydrogen-bond donors (Lipinski definition) is 0. The Morgan fingerprint density at radius 1 is 1.04 bits per heavy atom. The first-order chi connectivity index (χ1) is 13.6. The average molecular weight is 374 g/mol. The molecule has 0 saturated carbocycles. The molecule has 0 spiro atoms. The fraction of sp³-hybridized carbons (Fsp3) is 0.333. The highest BCUT2D eigenvalue weighted by atomic mass is 16.7.